The number of halogens is 1. The molecule has 4 heterocycles. The molecule has 184 valence electrons. The first kappa shape index (κ1) is 22.8. The summed E-state index contributed by atoms with van der Waals surface area (Å²) in [5.74, 6) is 0.293. The number of hydrogen-bond donors (Lipinski definition) is 3. The fourth-order valence-corrected chi connectivity index (χ4v) is 4.33. The van der Waals surface area contributed by atoms with Gasteiger partial charge in [-0.05, 0) is 45.3 Å². The minimum Gasteiger partial charge on any atom is -0.369 e. The highest BCUT2D eigenvalue weighted by Crippen LogP contribution is 2.33. The molecule has 4 aromatic heterocycles. The van der Waals surface area contributed by atoms with Crippen molar-refractivity contribution in [3.63, 3.8) is 0 Å². The van der Waals surface area contributed by atoms with Crippen molar-refractivity contribution in [2.24, 2.45) is 0 Å². The Morgan fingerprint density at radius 1 is 0.946 bits per heavy atom. The predicted molar refractivity (Wildman–Crippen MR) is 144 cm³/mol. The molecule has 37 heavy (non-hydrogen) atoms. The van der Waals surface area contributed by atoms with E-state index in [1.807, 2.05) is 50.6 Å². The van der Waals surface area contributed by atoms with Crippen LogP contribution in [0.15, 0.2) is 73.2 Å². The number of aromatic amines is 2. The molecular formula is C28H25FN8. The Kier molecular flexibility index (Phi) is 5.61. The second kappa shape index (κ2) is 9.11. The van der Waals surface area contributed by atoms with Crippen LogP contribution in [-0.2, 0) is 0 Å². The van der Waals surface area contributed by atoms with Crippen LogP contribution in [0.25, 0.3) is 55.8 Å². The van der Waals surface area contributed by atoms with E-state index in [4.69, 9.17) is 4.98 Å². The number of imidazole rings is 1. The zero-order valence-corrected chi connectivity index (χ0v) is 20.6. The van der Waals surface area contributed by atoms with E-state index in [0.29, 0.717) is 28.2 Å². The number of nitrogens with zero attached hydrogens (tertiary/aromatic N) is 5. The van der Waals surface area contributed by atoms with Crippen LogP contribution in [0.4, 0.5) is 10.1 Å². The monoisotopic (exact) mass is 492 g/mol. The standard InChI is InChI=1S/C28H25FN8/c1-16(37(2)3)32-19-11-17(13-30-15-19)18-12-22-26(35-36-27(22)31-14-18)28-33-24-10-6-8-21(25(24)34-28)20-7-4-5-9-23(20)29/h4-16,32H,1-3H3,(H,33,34)(H,31,35,36). The summed E-state index contributed by atoms with van der Waals surface area (Å²) in [6, 6.07) is 16.5. The fourth-order valence-electron chi connectivity index (χ4n) is 4.33. The quantitative estimate of drug-likeness (QED) is 0.259. The molecule has 0 aliphatic rings. The Hall–Kier alpha value is -4.63. The van der Waals surface area contributed by atoms with E-state index in [-0.39, 0.29) is 12.0 Å². The number of pyridine rings is 2. The first-order valence-electron chi connectivity index (χ1n) is 11.9. The molecule has 6 rings (SSSR count). The molecule has 0 radical (unpaired) electrons. The van der Waals surface area contributed by atoms with Gasteiger partial charge in [0.1, 0.15) is 11.5 Å². The molecule has 0 spiro atoms. The molecule has 0 aliphatic carbocycles. The summed E-state index contributed by atoms with van der Waals surface area (Å²) < 4.78 is 14.6. The Morgan fingerprint density at radius 2 is 1.76 bits per heavy atom. The highest BCUT2D eigenvalue weighted by Gasteiger charge is 2.17. The molecule has 0 amide bonds. The SMILES string of the molecule is CC(Nc1cncc(-c2cnc3[nH]nc(-c4nc5c(-c6ccccc6F)cccc5[nH]4)c3c2)c1)N(C)C. The van der Waals surface area contributed by atoms with Gasteiger partial charge in [-0.15, -0.1) is 0 Å². The summed E-state index contributed by atoms with van der Waals surface area (Å²) in [4.78, 5) is 19.3. The lowest BCUT2D eigenvalue weighted by Gasteiger charge is -2.22. The van der Waals surface area contributed by atoms with Crippen LogP contribution < -0.4 is 5.32 Å². The molecule has 0 fully saturated rings. The number of para-hydroxylation sites is 1. The molecule has 6 aromatic rings. The van der Waals surface area contributed by atoms with Crippen LogP contribution in [0.1, 0.15) is 6.92 Å². The van der Waals surface area contributed by atoms with Crippen molar-refractivity contribution >= 4 is 27.8 Å². The van der Waals surface area contributed by atoms with Crippen molar-refractivity contribution < 1.29 is 4.39 Å². The number of fused-ring (bicyclic) bond motifs is 2. The van der Waals surface area contributed by atoms with Gasteiger partial charge in [-0.25, -0.2) is 14.4 Å². The summed E-state index contributed by atoms with van der Waals surface area (Å²) in [6.07, 6.45) is 5.58. The summed E-state index contributed by atoms with van der Waals surface area (Å²) >= 11 is 0. The van der Waals surface area contributed by atoms with Gasteiger partial charge in [0.05, 0.1) is 34.5 Å². The second-order valence-corrected chi connectivity index (χ2v) is 9.21. The predicted octanol–water partition coefficient (Wildman–Crippen LogP) is 5.69. The molecule has 3 N–H and O–H groups in total. The van der Waals surface area contributed by atoms with Crippen LogP contribution in [0, 0.1) is 5.82 Å². The molecule has 0 aliphatic heterocycles. The molecule has 0 saturated heterocycles. The van der Waals surface area contributed by atoms with Crippen LogP contribution in [0.3, 0.4) is 0 Å². The molecule has 2 aromatic carbocycles. The molecule has 0 bridgehead atoms. The van der Waals surface area contributed by atoms with Crippen LogP contribution in [0.2, 0.25) is 0 Å². The van der Waals surface area contributed by atoms with Gasteiger partial charge in [0.2, 0.25) is 0 Å². The van der Waals surface area contributed by atoms with E-state index >= 15 is 0 Å². The average Bonchev–Trinajstić information content (AvgIpc) is 3.53. The van der Waals surface area contributed by atoms with Crippen LogP contribution in [0.5, 0.6) is 0 Å². The van der Waals surface area contributed by atoms with Crippen LogP contribution >= 0.6 is 0 Å². The minimum atomic E-state index is -0.288. The van der Waals surface area contributed by atoms with Gasteiger partial charge in [0.15, 0.2) is 11.5 Å². The summed E-state index contributed by atoms with van der Waals surface area (Å²) in [7, 11) is 4.04. The van der Waals surface area contributed by atoms with Gasteiger partial charge in [-0.2, -0.15) is 5.10 Å². The number of rotatable bonds is 6. The summed E-state index contributed by atoms with van der Waals surface area (Å²) in [5.41, 5.74) is 6.76. The second-order valence-electron chi connectivity index (χ2n) is 9.21. The van der Waals surface area contributed by atoms with E-state index in [2.05, 4.69) is 48.4 Å². The van der Waals surface area contributed by atoms with Gasteiger partial charge in [-0.1, -0.05) is 30.3 Å². The van der Waals surface area contributed by atoms with E-state index < -0.39 is 0 Å². The number of benzene rings is 2. The lowest BCUT2D eigenvalue weighted by atomic mass is 10.0. The van der Waals surface area contributed by atoms with Crippen molar-refractivity contribution in [3.8, 4) is 33.8 Å². The van der Waals surface area contributed by atoms with Crippen LogP contribution in [-0.4, -0.2) is 55.3 Å². The van der Waals surface area contributed by atoms with Gasteiger partial charge in [0, 0.05) is 34.6 Å². The third kappa shape index (κ3) is 4.19. The fraction of sp³-hybridized carbons (Fsp3) is 0.143. The van der Waals surface area contributed by atoms with Crippen molar-refractivity contribution in [3.05, 3.63) is 79.0 Å². The first-order chi connectivity index (χ1) is 18.0. The number of anilines is 1. The van der Waals surface area contributed by atoms with Gasteiger partial charge >= 0.3 is 0 Å². The smallest absolute Gasteiger partial charge is 0.159 e. The topological polar surface area (TPSA) is 98.4 Å². The Balaban J connectivity index is 1.42. The lowest BCUT2D eigenvalue weighted by Crippen LogP contribution is -2.32. The third-order valence-electron chi connectivity index (χ3n) is 6.54. The van der Waals surface area contributed by atoms with E-state index in [1.54, 1.807) is 24.5 Å². The largest absolute Gasteiger partial charge is 0.369 e. The van der Waals surface area contributed by atoms with Crippen molar-refractivity contribution in [2.75, 3.05) is 19.4 Å². The Bertz CT molecular complexity index is 1740. The van der Waals surface area contributed by atoms with Crippen molar-refractivity contribution in [2.45, 2.75) is 13.1 Å². The third-order valence-corrected chi connectivity index (χ3v) is 6.54. The number of aromatic nitrogens is 6. The molecule has 1 unspecified atom stereocenters. The Labute approximate surface area is 212 Å². The van der Waals surface area contributed by atoms with Gasteiger partial charge in [0.25, 0.3) is 0 Å². The number of H-pyrrole nitrogens is 2. The van der Waals surface area contributed by atoms with Gasteiger partial charge < -0.3 is 10.3 Å². The van der Waals surface area contributed by atoms with Crippen molar-refractivity contribution in [1.82, 2.24) is 35.0 Å². The Morgan fingerprint density at radius 3 is 2.59 bits per heavy atom. The number of hydrogen-bond acceptors (Lipinski definition) is 6. The highest BCUT2D eigenvalue weighted by atomic mass is 19.1. The molecular weight excluding hydrogens is 467 g/mol. The number of nitrogens with one attached hydrogen (secondary N) is 3. The maximum atomic E-state index is 14.6. The van der Waals surface area contributed by atoms with Gasteiger partial charge in [-0.3, -0.25) is 15.0 Å². The summed E-state index contributed by atoms with van der Waals surface area (Å²) in [5, 5.41) is 11.8. The lowest BCUT2D eigenvalue weighted by molar-refractivity contribution is 0.343. The maximum absolute atomic E-state index is 14.6. The average molecular weight is 493 g/mol. The molecule has 1 atom stereocenters. The maximum Gasteiger partial charge on any atom is 0.159 e. The van der Waals surface area contributed by atoms with E-state index in [9.17, 15) is 4.39 Å². The molecule has 0 saturated carbocycles. The highest BCUT2D eigenvalue weighted by molar-refractivity contribution is 5.97. The summed E-state index contributed by atoms with van der Waals surface area (Å²) in [6.45, 7) is 2.09. The molecule has 8 nitrogen and oxygen atoms in total. The zero-order valence-electron chi connectivity index (χ0n) is 20.6. The normalized spacial score (nSPS) is 12.5. The zero-order chi connectivity index (χ0) is 25.5. The minimum absolute atomic E-state index is 0.153. The van der Waals surface area contributed by atoms with Crippen molar-refractivity contribution in [1.29, 1.82) is 0 Å². The molecule has 9 heteroatoms. The van der Waals surface area contributed by atoms with E-state index in [0.717, 1.165) is 33.3 Å². The first-order valence-corrected chi connectivity index (χ1v) is 11.9. The van der Waals surface area contributed by atoms with E-state index in [1.165, 1.54) is 6.07 Å².